The van der Waals surface area contributed by atoms with Crippen molar-refractivity contribution >= 4 is 10.8 Å². The van der Waals surface area contributed by atoms with Crippen LogP contribution in [0.1, 0.15) is 11.3 Å². The summed E-state index contributed by atoms with van der Waals surface area (Å²) in [5, 5.41) is 16.4. The second kappa shape index (κ2) is 3.23. The predicted molar refractivity (Wildman–Crippen MR) is 53.0 cm³/mol. The number of hydrogen-bond acceptors (Lipinski definition) is 3. The summed E-state index contributed by atoms with van der Waals surface area (Å²) in [6.07, 6.45) is 0. The van der Waals surface area contributed by atoms with Crippen molar-refractivity contribution in [1.82, 2.24) is 10.2 Å². The zero-order valence-electron chi connectivity index (χ0n) is 7.74. The molecule has 0 saturated carbocycles. The molecule has 0 amide bonds. The maximum Gasteiger partial charge on any atom is 0.272 e. The molecule has 1 aromatic heterocycles. The number of aromatic amines is 1. The van der Waals surface area contributed by atoms with Crippen LogP contribution in [0.25, 0.3) is 10.8 Å². The molecule has 0 atom stereocenters. The van der Waals surface area contributed by atoms with Crippen molar-refractivity contribution in [3.8, 4) is 0 Å². The molecule has 0 bridgehead atoms. The molecule has 72 valence electrons. The quantitative estimate of drug-likeness (QED) is 0.696. The fraction of sp³-hybridized carbons (Fsp3) is 0.200. The van der Waals surface area contributed by atoms with Crippen LogP contribution < -0.4 is 5.56 Å². The summed E-state index contributed by atoms with van der Waals surface area (Å²) in [4.78, 5) is 11.4. The molecule has 0 radical (unpaired) electrons. The average molecular weight is 190 g/mol. The first-order chi connectivity index (χ1) is 6.72. The van der Waals surface area contributed by atoms with Gasteiger partial charge in [0, 0.05) is 5.39 Å². The fourth-order valence-electron chi connectivity index (χ4n) is 1.46. The molecule has 14 heavy (non-hydrogen) atoms. The number of rotatable bonds is 1. The van der Waals surface area contributed by atoms with E-state index >= 15 is 0 Å². The number of hydrogen-bond donors (Lipinski definition) is 2. The number of aromatic nitrogens is 2. The third-order valence-electron chi connectivity index (χ3n) is 2.17. The van der Waals surface area contributed by atoms with Crippen molar-refractivity contribution in [2.75, 3.05) is 0 Å². The molecule has 2 rings (SSSR count). The van der Waals surface area contributed by atoms with Gasteiger partial charge in [0.1, 0.15) is 0 Å². The van der Waals surface area contributed by atoms with Gasteiger partial charge in [-0.2, -0.15) is 5.10 Å². The lowest BCUT2D eigenvalue weighted by molar-refractivity contribution is 0.277. The first kappa shape index (κ1) is 8.90. The van der Waals surface area contributed by atoms with Gasteiger partial charge in [-0.3, -0.25) is 4.79 Å². The summed E-state index contributed by atoms with van der Waals surface area (Å²) in [6.45, 7) is 1.74. The summed E-state index contributed by atoms with van der Waals surface area (Å²) in [5.74, 6) is 0. The van der Waals surface area contributed by atoms with Gasteiger partial charge in [-0.25, -0.2) is 5.10 Å². The molecule has 0 aliphatic rings. The van der Waals surface area contributed by atoms with Crippen LogP contribution in [0.5, 0.6) is 0 Å². The van der Waals surface area contributed by atoms with E-state index in [9.17, 15) is 4.79 Å². The minimum Gasteiger partial charge on any atom is -0.390 e. The number of aliphatic hydroxyl groups excluding tert-OH is 1. The van der Waals surface area contributed by atoms with E-state index in [2.05, 4.69) is 10.2 Å². The molecule has 0 aliphatic heterocycles. The number of fused-ring (bicyclic) bond motifs is 1. The largest absolute Gasteiger partial charge is 0.390 e. The third-order valence-corrected chi connectivity index (χ3v) is 2.17. The predicted octanol–water partition coefficient (Wildman–Crippen LogP) is 0.724. The SMILES string of the molecule is Cc1ccc2c(CO)n[nH]c(=O)c2c1. The summed E-state index contributed by atoms with van der Waals surface area (Å²) >= 11 is 0. The number of benzene rings is 1. The van der Waals surface area contributed by atoms with E-state index in [0.717, 1.165) is 5.56 Å². The van der Waals surface area contributed by atoms with Gasteiger partial charge in [0.2, 0.25) is 0 Å². The molecule has 1 aromatic carbocycles. The molecular weight excluding hydrogens is 180 g/mol. The maximum atomic E-state index is 11.4. The number of aliphatic hydroxyl groups is 1. The Labute approximate surface area is 80.2 Å². The van der Waals surface area contributed by atoms with Crippen LogP contribution in [0.2, 0.25) is 0 Å². The van der Waals surface area contributed by atoms with Crippen molar-refractivity contribution in [3.05, 3.63) is 39.8 Å². The van der Waals surface area contributed by atoms with Gasteiger partial charge in [-0.1, -0.05) is 17.7 Å². The van der Waals surface area contributed by atoms with Crippen LogP contribution in [0.3, 0.4) is 0 Å². The van der Waals surface area contributed by atoms with Crippen molar-refractivity contribution in [2.24, 2.45) is 0 Å². The van der Waals surface area contributed by atoms with E-state index in [1.165, 1.54) is 0 Å². The third kappa shape index (κ3) is 1.29. The number of H-pyrrole nitrogens is 1. The fourth-order valence-corrected chi connectivity index (χ4v) is 1.46. The van der Waals surface area contributed by atoms with Crippen LogP contribution in [0.4, 0.5) is 0 Å². The van der Waals surface area contributed by atoms with Crippen LogP contribution >= 0.6 is 0 Å². The zero-order chi connectivity index (χ0) is 10.1. The standard InChI is InChI=1S/C10H10N2O2/c1-6-2-3-7-8(4-6)10(14)12-11-9(7)5-13/h2-4,13H,5H2,1H3,(H,12,14). The Hall–Kier alpha value is -1.68. The molecule has 2 aromatic rings. The van der Waals surface area contributed by atoms with Gasteiger partial charge >= 0.3 is 0 Å². The van der Waals surface area contributed by atoms with Crippen LogP contribution in [-0.2, 0) is 6.61 Å². The van der Waals surface area contributed by atoms with Crippen molar-refractivity contribution in [3.63, 3.8) is 0 Å². The summed E-state index contributed by atoms with van der Waals surface area (Å²) in [7, 11) is 0. The molecule has 0 aliphatic carbocycles. The second-order valence-electron chi connectivity index (χ2n) is 3.21. The number of nitrogens with zero attached hydrogens (tertiary/aromatic N) is 1. The monoisotopic (exact) mass is 190 g/mol. The Bertz CT molecular complexity index is 531. The van der Waals surface area contributed by atoms with Gasteiger partial charge < -0.3 is 5.11 Å². The highest BCUT2D eigenvalue weighted by Crippen LogP contribution is 2.14. The maximum absolute atomic E-state index is 11.4. The van der Waals surface area contributed by atoms with Gasteiger partial charge in [0.05, 0.1) is 17.7 Å². The first-order valence-electron chi connectivity index (χ1n) is 4.31. The second-order valence-corrected chi connectivity index (χ2v) is 3.21. The van der Waals surface area contributed by atoms with Crippen LogP contribution in [0.15, 0.2) is 23.0 Å². The Morgan fingerprint density at radius 1 is 1.43 bits per heavy atom. The van der Waals surface area contributed by atoms with E-state index in [4.69, 9.17) is 5.11 Å². The Kier molecular flexibility index (Phi) is 2.05. The average Bonchev–Trinajstić information content (AvgIpc) is 2.19. The Morgan fingerprint density at radius 3 is 2.93 bits per heavy atom. The molecule has 0 saturated heterocycles. The van der Waals surface area contributed by atoms with Gasteiger partial charge in [-0.05, 0) is 13.0 Å². The summed E-state index contributed by atoms with van der Waals surface area (Å²) < 4.78 is 0. The van der Waals surface area contributed by atoms with E-state index in [0.29, 0.717) is 16.5 Å². The smallest absolute Gasteiger partial charge is 0.272 e. The lowest BCUT2D eigenvalue weighted by atomic mass is 10.1. The highest BCUT2D eigenvalue weighted by atomic mass is 16.3. The van der Waals surface area contributed by atoms with Crippen molar-refractivity contribution in [2.45, 2.75) is 13.5 Å². The molecule has 2 N–H and O–H groups in total. The van der Waals surface area contributed by atoms with Crippen LogP contribution in [-0.4, -0.2) is 15.3 Å². The topological polar surface area (TPSA) is 66.0 Å². The van der Waals surface area contributed by atoms with Gasteiger partial charge in [0.15, 0.2) is 0 Å². The van der Waals surface area contributed by atoms with E-state index < -0.39 is 0 Å². The van der Waals surface area contributed by atoms with E-state index in [1.54, 1.807) is 12.1 Å². The normalized spacial score (nSPS) is 10.7. The molecule has 0 fully saturated rings. The number of aryl methyl sites for hydroxylation is 1. The molecular formula is C10H10N2O2. The Morgan fingerprint density at radius 2 is 2.21 bits per heavy atom. The Balaban J connectivity index is 2.91. The first-order valence-corrected chi connectivity index (χ1v) is 4.31. The highest BCUT2D eigenvalue weighted by Gasteiger charge is 2.04. The summed E-state index contributed by atoms with van der Waals surface area (Å²) in [6, 6.07) is 5.48. The molecule has 4 heteroatoms. The summed E-state index contributed by atoms with van der Waals surface area (Å²) in [5.41, 5.74) is 1.29. The van der Waals surface area contributed by atoms with E-state index in [-0.39, 0.29) is 12.2 Å². The highest BCUT2D eigenvalue weighted by molar-refractivity contribution is 5.83. The molecule has 0 spiro atoms. The lowest BCUT2D eigenvalue weighted by Crippen LogP contribution is -2.11. The van der Waals surface area contributed by atoms with Crippen molar-refractivity contribution in [1.29, 1.82) is 0 Å². The van der Waals surface area contributed by atoms with Crippen LogP contribution in [0, 0.1) is 6.92 Å². The molecule has 4 nitrogen and oxygen atoms in total. The van der Waals surface area contributed by atoms with Gasteiger partial charge in [0.25, 0.3) is 5.56 Å². The minimum absolute atomic E-state index is 0.170. The lowest BCUT2D eigenvalue weighted by Gasteiger charge is -2.02. The van der Waals surface area contributed by atoms with Crippen molar-refractivity contribution < 1.29 is 5.11 Å². The minimum atomic E-state index is -0.221. The molecule has 1 heterocycles. The number of nitrogens with one attached hydrogen (secondary N) is 1. The zero-order valence-corrected chi connectivity index (χ0v) is 7.74. The van der Waals surface area contributed by atoms with Gasteiger partial charge in [-0.15, -0.1) is 0 Å². The molecule has 0 unspecified atom stereocenters. The van der Waals surface area contributed by atoms with E-state index in [1.807, 2.05) is 13.0 Å².